The summed E-state index contributed by atoms with van der Waals surface area (Å²) < 4.78 is 7.00. The number of benzene rings is 3. The predicted molar refractivity (Wildman–Crippen MR) is 138 cm³/mol. The van der Waals surface area contributed by atoms with Crippen LogP contribution in [0.25, 0.3) is 17.0 Å². The van der Waals surface area contributed by atoms with E-state index in [0.717, 1.165) is 23.1 Å². The Morgan fingerprint density at radius 2 is 1.72 bits per heavy atom. The fourth-order valence-corrected chi connectivity index (χ4v) is 3.81. The Hall–Kier alpha value is -4.72. The third-order valence-corrected chi connectivity index (χ3v) is 5.61. The summed E-state index contributed by atoms with van der Waals surface area (Å²) in [5, 5.41) is 21.8. The van der Waals surface area contributed by atoms with Crippen LogP contribution in [0.3, 0.4) is 0 Å². The van der Waals surface area contributed by atoms with E-state index in [-0.39, 0.29) is 18.1 Å². The molecule has 0 fully saturated rings. The van der Waals surface area contributed by atoms with Crippen molar-refractivity contribution in [1.82, 2.24) is 9.88 Å². The van der Waals surface area contributed by atoms with Gasteiger partial charge < -0.3 is 19.7 Å². The standard InChI is InChI=1S/C28H26N4O4/c1-36-24-14-8-5-11-21(24)15-16-25(33)29-19-26(34)30-31-27-22-12-6-7-13-23(22)32(28(27)35)18-17-20-9-3-2-4-10-20/h2-16,35H,17-19H2,1H3,(H,29,33)/b16-15+,31-30?. The van der Waals surface area contributed by atoms with Crippen molar-refractivity contribution >= 4 is 34.5 Å². The number of para-hydroxylation sites is 2. The van der Waals surface area contributed by atoms with Crippen molar-refractivity contribution < 1.29 is 19.4 Å². The molecule has 1 heterocycles. The number of fused-ring (bicyclic) bond motifs is 1. The largest absolute Gasteiger partial charge is 0.496 e. The summed E-state index contributed by atoms with van der Waals surface area (Å²) in [6.45, 7) is 0.209. The fraction of sp³-hybridized carbons (Fsp3) is 0.143. The fourth-order valence-electron chi connectivity index (χ4n) is 3.81. The number of carbonyl (C=O) groups is 2. The van der Waals surface area contributed by atoms with Crippen LogP contribution in [-0.2, 0) is 22.6 Å². The molecular weight excluding hydrogens is 456 g/mol. The summed E-state index contributed by atoms with van der Waals surface area (Å²) in [5.74, 6) is -0.527. The summed E-state index contributed by atoms with van der Waals surface area (Å²) >= 11 is 0. The van der Waals surface area contributed by atoms with Crippen LogP contribution >= 0.6 is 0 Å². The molecule has 2 amide bonds. The highest BCUT2D eigenvalue weighted by atomic mass is 16.5. The maximum Gasteiger partial charge on any atom is 0.283 e. The van der Waals surface area contributed by atoms with Gasteiger partial charge in [0.15, 0.2) is 5.69 Å². The number of rotatable bonds is 9. The minimum absolute atomic E-state index is 0.0625. The monoisotopic (exact) mass is 482 g/mol. The van der Waals surface area contributed by atoms with Gasteiger partial charge in [0.2, 0.25) is 11.8 Å². The van der Waals surface area contributed by atoms with E-state index in [2.05, 4.69) is 15.5 Å². The topological polar surface area (TPSA) is 105 Å². The van der Waals surface area contributed by atoms with Crippen molar-refractivity contribution in [2.45, 2.75) is 13.0 Å². The highest BCUT2D eigenvalue weighted by Gasteiger charge is 2.16. The second-order valence-electron chi connectivity index (χ2n) is 7.96. The SMILES string of the molecule is COc1ccccc1/C=C/C(=O)NCC(=O)N=Nc1c(O)n(CCc2ccccc2)c2ccccc12. The van der Waals surface area contributed by atoms with Crippen LogP contribution in [0.1, 0.15) is 11.1 Å². The lowest BCUT2D eigenvalue weighted by molar-refractivity contribution is -0.122. The number of aryl methyl sites for hydroxylation is 2. The van der Waals surface area contributed by atoms with Gasteiger partial charge in [-0.1, -0.05) is 66.7 Å². The molecule has 4 aromatic rings. The van der Waals surface area contributed by atoms with E-state index in [0.29, 0.717) is 17.7 Å². The maximum atomic E-state index is 12.3. The Balaban J connectivity index is 1.41. The number of amides is 2. The Labute approximate surface area is 208 Å². The van der Waals surface area contributed by atoms with Crippen LogP contribution in [0.5, 0.6) is 11.6 Å². The van der Waals surface area contributed by atoms with Crippen molar-refractivity contribution in [2.24, 2.45) is 10.2 Å². The summed E-state index contributed by atoms with van der Waals surface area (Å²) in [6, 6.07) is 24.6. The Kier molecular flexibility index (Phi) is 7.87. The first kappa shape index (κ1) is 24.4. The van der Waals surface area contributed by atoms with Crippen molar-refractivity contribution in [3.63, 3.8) is 0 Å². The number of nitrogens with zero attached hydrogens (tertiary/aromatic N) is 3. The molecule has 4 rings (SSSR count). The predicted octanol–water partition coefficient (Wildman–Crippen LogP) is 5.04. The Bertz CT molecular complexity index is 1420. The van der Waals surface area contributed by atoms with Gasteiger partial charge in [0.25, 0.3) is 5.91 Å². The molecule has 3 aromatic carbocycles. The zero-order chi connectivity index (χ0) is 25.3. The van der Waals surface area contributed by atoms with Gasteiger partial charge in [0.05, 0.1) is 12.6 Å². The number of aromatic nitrogens is 1. The lowest BCUT2D eigenvalue weighted by Gasteiger charge is -2.07. The number of aromatic hydroxyl groups is 1. The molecule has 0 aliphatic carbocycles. The first-order valence-corrected chi connectivity index (χ1v) is 11.4. The van der Waals surface area contributed by atoms with Crippen LogP contribution in [0.15, 0.2) is 95.2 Å². The van der Waals surface area contributed by atoms with E-state index in [1.165, 1.54) is 6.08 Å². The molecule has 0 radical (unpaired) electrons. The molecular formula is C28H26N4O4. The van der Waals surface area contributed by atoms with Crippen LogP contribution in [-0.4, -0.2) is 35.1 Å². The average Bonchev–Trinajstić information content (AvgIpc) is 3.19. The molecule has 36 heavy (non-hydrogen) atoms. The van der Waals surface area contributed by atoms with Crippen molar-refractivity contribution in [3.8, 4) is 11.6 Å². The average molecular weight is 483 g/mol. The first-order valence-electron chi connectivity index (χ1n) is 11.4. The summed E-state index contributed by atoms with van der Waals surface area (Å²) in [5.41, 5.74) is 2.89. The zero-order valence-corrected chi connectivity index (χ0v) is 19.8. The molecule has 0 aliphatic heterocycles. The molecule has 182 valence electrons. The van der Waals surface area contributed by atoms with E-state index in [1.54, 1.807) is 23.8 Å². The number of carbonyl (C=O) groups excluding carboxylic acids is 2. The van der Waals surface area contributed by atoms with Gasteiger partial charge in [-0.15, -0.1) is 10.2 Å². The number of ether oxygens (including phenoxy) is 1. The number of nitrogens with one attached hydrogen (secondary N) is 1. The molecule has 0 saturated carbocycles. The number of hydrogen-bond donors (Lipinski definition) is 2. The van der Waals surface area contributed by atoms with Gasteiger partial charge in [-0.3, -0.25) is 9.59 Å². The van der Waals surface area contributed by atoms with E-state index in [1.807, 2.05) is 72.8 Å². The lowest BCUT2D eigenvalue weighted by atomic mass is 10.1. The molecule has 0 atom stereocenters. The van der Waals surface area contributed by atoms with E-state index < -0.39 is 11.8 Å². The number of hydrogen-bond acceptors (Lipinski definition) is 5. The van der Waals surface area contributed by atoms with Crippen molar-refractivity contribution in [2.75, 3.05) is 13.7 Å². The third-order valence-electron chi connectivity index (χ3n) is 5.61. The van der Waals surface area contributed by atoms with Gasteiger partial charge in [-0.2, -0.15) is 0 Å². The van der Waals surface area contributed by atoms with Crippen LogP contribution < -0.4 is 10.1 Å². The minimum atomic E-state index is -0.644. The first-order chi connectivity index (χ1) is 17.6. The quantitative estimate of drug-likeness (QED) is 0.258. The van der Waals surface area contributed by atoms with Gasteiger partial charge in [-0.25, -0.2) is 0 Å². The second-order valence-corrected chi connectivity index (χ2v) is 7.96. The van der Waals surface area contributed by atoms with E-state index in [4.69, 9.17) is 4.74 Å². The summed E-state index contributed by atoms with van der Waals surface area (Å²) in [6.07, 6.45) is 3.63. The minimum Gasteiger partial charge on any atom is -0.496 e. The number of azo groups is 1. The van der Waals surface area contributed by atoms with Gasteiger partial charge in [-0.05, 0) is 30.2 Å². The Morgan fingerprint density at radius 3 is 2.53 bits per heavy atom. The smallest absolute Gasteiger partial charge is 0.283 e. The van der Waals surface area contributed by atoms with Crippen LogP contribution in [0.2, 0.25) is 0 Å². The highest BCUT2D eigenvalue weighted by molar-refractivity contribution is 5.96. The van der Waals surface area contributed by atoms with Gasteiger partial charge in [0, 0.05) is 23.6 Å². The van der Waals surface area contributed by atoms with Gasteiger partial charge >= 0.3 is 0 Å². The van der Waals surface area contributed by atoms with Crippen LogP contribution in [0.4, 0.5) is 5.69 Å². The van der Waals surface area contributed by atoms with Crippen LogP contribution in [0, 0.1) is 0 Å². The third kappa shape index (κ3) is 5.85. The van der Waals surface area contributed by atoms with E-state index >= 15 is 0 Å². The molecule has 0 bridgehead atoms. The summed E-state index contributed by atoms with van der Waals surface area (Å²) in [7, 11) is 1.55. The van der Waals surface area contributed by atoms with Crippen molar-refractivity contribution in [1.29, 1.82) is 0 Å². The maximum absolute atomic E-state index is 12.3. The molecule has 2 N–H and O–H groups in total. The molecule has 8 heteroatoms. The zero-order valence-electron chi connectivity index (χ0n) is 19.8. The highest BCUT2D eigenvalue weighted by Crippen LogP contribution is 2.38. The molecule has 0 unspecified atom stereocenters. The molecule has 1 aromatic heterocycles. The molecule has 0 saturated heterocycles. The van der Waals surface area contributed by atoms with E-state index in [9.17, 15) is 14.7 Å². The normalized spacial score (nSPS) is 11.4. The Morgan fingerprint density at radius 1 is 1.00 bits per heavy atom. The van der Waals surface area contributed by atoms with Crippen molar-refractivity contribution in [3.05, 3.63) is 96.1 Å². The second kappa shape index (κ2) is 11.6. The molecule has 0 spiro atoms. The number of methoxy groups -OCH3 is 1. The molecule has 8 nitrogen and oxygen atoms in total. The summed E-state index contributed by atoms with van der Waals surface area (Å²) in [4.78, 5) is 24.4. The molecule has 0 aliphatic rings. The van der Waals surface area contributed by atoms with Gasteiger partial charge in [0.1, 0.15) is 12.3 Å². The lowest BCUT2D eigenvalue weighted by Crippen LogP contribution is -2.26.